The molecule has 1 aliphatic rings. The van der Waals surface area contributed by atoms with Crippen LogP contribution < -0.4 is 15.7 Å². The molecule has 2 heterocycles. The van der Waals surface area contributed by atoms with Crippen LogP contribution in [-0.2, 0) is 25.5 Å². The molecule has 1 aromatic carbocycles. The Morgan fingerprint density at radius 2 is 1.76 bits per heavy atom. The van der Waals surface area contributed by atoms with Crippen molar-refractivity contribution >= 4 is 34.8 Å². The Morgan fingerprint density at radius 1 is 1.11 bits per heavy atom. The van der Waals surface area contributed by atoms with Crippen LogP contribution in [0.5, 0.6) is 0 Å². The summed E-state index contributed by atoms with van der Waals surface area (Å²) in [5.74, 6) is -2.53. The number of aromatic nitrogens is 1. The van der Waals surface area contributed by atoms with E-state index in [2.05, 4.69) is 15.6 Å². The molecule has 2 unspecified atom stereocenters. The number of hydrogen-bond acceptors (Lipinski definition) is 6. The lowest BCUT2D eigenvalue weighted by atomic mass is 9.93. The maximum Gasteiger partial charge on any atom is 0.408 e. The summed E-state index contributed by atoms with van der Waals surface area (Å²) in [5.41, 5.74) is 0.985. The first-order valence-corrected chi connectivity index (χ1v) is 12.7. The zero-order chi connectivity index (χ0) is 27.3. The summed E-state index contributed by atoms with van der Waals surface area (Å²) in [6, 6.07) is 5.62. The van der Waals surface area contributed by atoms with Gasteiger partial charge in [0.25, 0.3) is 0 Å². The molecular formula is C27H37N4O6-. The molecule has 0 bridgehead atoms. The largest absolute Gasteiger partial charge is 0.548 e. The minimum Gasteiger partial charge on any atom is -0.548 e. The summed E-state index contributed by atoms with van der Waals surface area (Å²) in [5, 5.41) is 18.0. The Balaban J connectivity index is 1.56. The fraction of sp³-hybridized carbons (Fsp3) is 0.556. The number of para-hydroxylation sites is 1. The van der Waals surface area contributed by atoms with Crippen LogP contribution in [-0.4, -0.2) is 64.5 Å². The van der Waals surface area contributed by atoms with Gasteiger partial charge in [0.05, 0.1) is 12.0 Å². The molecule has 2 aromatic rings. The van der Waals surface area contributed by atoms with Crippen LogP contribution in [0, 0.1) is 11.8 Å². The van der Waals surface area contributed by atoms with Crippen molar-refractivity contribution in [2.24, 2.45) is 11.8 Å². The summed E-state index contributed by atoms with van der Waals surface area (Å²) < 4.78 is 5.29. The number of likely N-dealkylation sites (tertiary alicyclic amines) is 1. The Bertz CT molecular complexity index is 1130. The monoisotopic (exact) mass is 513 g/mol. The number of carboxylic acid groups (broad SMARTS) is 1. The predicted octanol–water partition coefficient (Wildman–Crippen LogP) is 1.73. The zero-order valence-electron chi connectivity index (χ0n) is 22.1. The number of amides is 3. The molecule has 1 aromatic heterocycles. The van der Waals surface area contributed by atoms with Gasteiger partial charge in [0.15, 0.2) is 0 Å². The molecule has 3 N–H and O–H groups in total. The lowest BCUT2D eigenvalue weighted by Gasteiger charge is -2.35. The predicted molar refractivity (Wildman–Crippen MR) is 136 cm³/mol. The van der Waals surface area contributed by atoms with E-state index < -0.39 is 35.7 Å². The van der Waals surface area contributed by atoms with Gasteiger partial charge in [-0.25, -0.2) is 4.79 Å². The van der Waals surface area contributed by atoms with E-state index in [0.29, 0.717) is 25.9 Å². The first-order valence-electron chi connectivity index (χ1n) is 12.7. The third-order valence-electron chi connectivity index (χ3n) is 6.48. The summed E-state index contributed by atoms with van der Waals surface area (Å²) in [6.45, 7) is 9.59. The van der Waals surface area contributed by atoms with E-state index in [1.165, 1.54) is 0 Å². The van der Waals surface area contributed by atoms with Gasteiger partial charge >= 0.3 is 6.09 Å². The van der Waals surface area contributed by atoms with Crippen molar-refractivity contribution in [3.05, 3.63) is 36.0 Å². The second-order valence-electron chi connectivity index (χ2n) is 10.9. The van der Waals surface area contributed by atoms with E-state index in [4.69, 9.17) is 4.74 Å². The molecule has 2 atom stereocenters. The number of carbonyl (C=O) groups excluding carboxylic acids is 4. The number of ether oxygens (including phenoxy) is 1. The smallest absolute Gasteiger partial charge is 0.408 e. The van der Waals surface area contributed by atoms with Gasteiger partial charge in [0.2, 0.25) is 11.8 Å². The average molecular weight is 514 g/mol. The normalized spacial score (nSPS) is 16.3. The van der Waals surface area contributed by atoms with Gasteiger partial charge in [-0.15, -0.1) is 0 Å². The second-order valence-corrected chi connectivity index (χ2v) is 10.9. The minimum atomic E-state index is -1.35. The molecule has 10 nitrogen and oxygen atoms in total. The Hall–Kier alpha value is -3.56. The van der Waals surface area contributed by atoms with E-state index in [0.717, 1.165) is 16.5 Å². The molecule has 1 saturated heterocycles. The highest BCUT2D eigenvalue weighted by atomic mass is 16.6. The van der Waals surface area contributed by atoms with Crippen LogP contribution >= 0.6 is 0 Å². The Morgan fingerprint density at radius 3 is 2.35 bits per heavy atom. The molecule has 0 saturated carbocycles. The van der Waals surface area contributed by atoms with Crippen LogP contribution in [0.2, 0.25) is 0 Å². The number of alkyl carbamates (subject to hydrolysis) is 1. The molecular weight excluding hydrogens is 476 g/mol. The van der Waals surface area contributed by atoms with Gasteiger partial charge in [-0.2, -0.15) is 0 Å². The van der Waals surface area contributed by atoms with Gasteiger partial charge in [0, 0.05) is 42.5 Å². The number of nitrogens with one attached hydrogen (secondary N) is 3. The topological polar surface area (TPSA) is 144 Å². The summed E-state index contributed by atoms with van der Waals surface area (Å²) >= 11 is 0. The fourth-order valence-corrected chi connectivity index (χ4v) is 4.51. The molecule has 0 radical (unpaired) electrons. The van der Waals surface area contributed by atoms with E-state index in [-0.39, 0.29) is 24.2 Å². The number of aliphatic carboxylic acids is 1. The Kier molecular flexibility index (Phi) is 8.83. The standard InChI is InChI=1S/C27H38N4O6/c1-16(2)22(30-26(36)37-27(3,4)5)24(33)31-12-10-17(11-13-31)23(32)29-21(25(34)35)14-18-15-28-20-9-7-6-8-19(18)20/h6-9,15-17,21-22,28H,10-14H2,1-5H3,(H,29,32)(H,30,36)(H,34,35)/p-1. The number of nitrogens with zero attached hydrogens (tertiary/aromatic N) is 1. The van der Waals surface area contributed by atoms with E-state index >= 15 is 0 Å². The van der Waals surface area contributed by atoms with Crippen LogP contribution in [0.15, 0.2) is 30.5 Å². The third kappa shape index (κ3) is 7.47. The lowest BCUT2D eigenvalue weighted by Crippen LogP contribution is -2.55. The molecule has 0 spiro atoms. The third-order valence-corrected chi connectivity index (χ3v) is 6.48. The SMILES string of the molecule is CC(C)C(NC(=O)OC(C)(C)C)C(=O)N1CCC(C(=O)NC(Cc2c[nH]c3ccccc23)C(=O)[O-])CC1. The summed E-state index contributed by atoms with van der Waals surface area (Å²) in [4.78, 5) is 54.8. The number of carbonyl (C=O) groups is 4. The highest BCUT2D eigenvalue weighted by Gasteiger charge is 2.34. The number of rotatable bonds is 8. The average Bonchev–Trinajstić information content (AvgIpc) is 3.23. The van der Waals surface area contributed by atoms with Crippen molar-refractivity contribution in [2.75, 3.05) is 13.1 Å². The molecule has 202 valence electrons. The number of carboxylic acids is 1. The molecule has 3 rings (SSSR count). The van der Waals surface area contributed by atoms with Crippen molar-refractivity contribution < 1.29 is 29.0 Å². The molecule has 10 heteroatoms. The number of hydrogen-bond donors (Lipinski definition) is 3. The molecule has 0 aliphatic carbocycles. The lowest BCUT2D eigenvalue weighted by molar-refractivity contribution is -0.308. The van der Waals surface area contributed by atoms with Gasteiger partial charge < -0.3 is 35.2 Å². The van der Waals surface area contributed by atoms with Crippen LogP contribution in [0.3, 0.4) is 0 Å². The van der Waals surface area contributed by atoms with Gasteiger partial charge in [-0.3, -0.25) is 9.59 Å². The van der Waals surface area contributed by atoms with Gasteiger partial charge in [-0.05, 0) is 51.2 Å². The van der Waals surface area contributed by atoms with Crippen molar-refractivity contribution in [1.29, 1.82) is 0 Å². The number of piperidine rings is 1. The molecule has 3 amide bonds. The fourth-order valence-electron chi connectivity index (χ4n) is 4.51. The number of benzene rings is 1. The summed E-state index contributed by atoms with van der Waals surface area (Å²) in [7, 11) is 0. The number of aromatic amines is 1. The van der Waals surface area contributed by atoms with Crippen LogP contribution in [0.25, 0.3) is 10.9 Å². The first-order chi connectivity index (χ1) is 17.4. The van der Waals surface area contributed by atoms with Crippen molar-refractivity contribution in [2.45, 2.75) is 71.6 Å². The first kappa shape index (κ1) is 28.0. The van der Waals surface area contributed by atoms with Crippen molar-refractivity contribution in [1.82, 2.24) is 20.5 Å². The van der Waals surface area contributed by atoms with Crippen molar-refractivity contribution in [3.8, 4) is 0 Å². The molecule has 37 heavy (non-hydrogen) atoms. The van der Waals surface area contributed by atoms with Crippen LogP contribution in [0.4, 0.5) is 4.79 Å². The minimum absolute atomic E-state index is 0.0990. The number of H-pyrrole nitrogens is 1. The van der Waals surface area contributed by atoms with Gasteiger partial charge in [-0.1, -0.05) is 32.0 Å². The maximum absolute atomic E-state index is 13.1. The van der Waals surface area contributed by atoms with E-state index in [9.17, 15) is 24.3 Å². The highest BCUT2D eigenvalue weighted by Crippen LogP contribution is 2.22. The van der Waals surface area contributed by atoms with Crippen LogP contribution in [0.1, 0.15) is 53.0 Å². The quantitative estimate of drug-likeness (QED) is 0.491. The maximum atomic E-state index is 13.1. The zero-order valence-corrected chi connectivity index (χ0v) is 22.1. The number of fused-ring (bicyclic) bond motifs is 1. The Labute approximate surface area is 217 Å². The highest BCUT2D eigenvalue weighted by molar-refractivity contribution is 5.88. The van der Waals surface area contributed by atoms with Gasteiger partial charge in [0.1, 0.15) is 11.6 Å². The van der Waals surface area contributed by atoms with Crippen molar-refractivity contribution in [3.63, 3.8) is 0 Å². The second kappa shape index (κ2) is 11.7. The molecule has 1 fully saturated rings. The van der Waals surface area contributed by atoms with E-state index in [1.54, 1.807) is 31.9 Å². The van der Waals surface area contributed by atoms with E-state index in [1.807, 2.05) is 38.1 Å². The molecule has 1 aliphatic heterocycles. The summed E-state index contributed by atoms with van der Waals surface area (Å²) in [6.07, 6.45) is 1.97.